The van der Waals surface area contributed by atoms with Gasteiger partial charge < -0.3 is 4.90 Å². The van der Waals surface area contributed by atoms with Gasteiger partial charge in [0.1, 0.15) is 5.82 Å². The molecule has 2 fully saturated rings. The molecule has 0 N–H and O–H groups in total. The molecule has 2 heterocycles. The summed E-state index contributed by atoms with van der Waals surface area (Å²) in [4.78, 5) is 26.9. The number of carbonyl (C=O) groups excluding carboxylic acids is 1. The standard InChI is InChI=1S/C20H26N4O2/c1-14-4-3-5-15(12-14)13-18(25)23-10-8-16(9-11-23)19-21-22(2)20(26)24(19)17-6-7-17/h3-5,12,16-17H,6-11,13H2,1-2H3. The molecule has 1 aromatic carbocycles. The van der Waals surface area contributed by atoms with Crippen LogP contribution in [0.1, 0.15) is 54.6 Å². The van der Waals surface area contributed by atoms with Gasteiger partial charge in [0.05, 0.1) is 6.42 Å². The number of carbonyl (C=O) groups is 1. The van der Waals surface area contributed by atoms with Gasteiger partial charge in [-0.15, -0.1) is 0 Å². The number of nitrogens with zero attached hydrogens (tertiary/aromatic N) is 4. The topological polar surface area (TPSA) is 60.1 Å². The number of hydrogen-bond donors (Lipinski definition) is 0. The number of aromatic nitrogens is 3. The van der Waals surface area contributed by atoms with Crippen molar-refractivity contribution in [3.63, 3.8) is 0 Å². The van der Waals surface area contributed by atoms with E-state index < -0.39 is 0 Å². The van der Waals surface area contributed by atoms with E-state index in [4.69, 9.17) is 0 Å². The van der Waals surface area contributed by atoms with Gasteiger partial charge in [0, 0.05) is 32.1 Å². The molecule has 2 aromatic rings. The number of amides is 1. The molecule has 1 aliphatic heterocycles. The number of rotatable bonds is 4. The van der Waals surface area contributed by atoms with Crippen LogP contribution in [0.2, 0.25) is 0 Å². The van der Waals surface area contributed by atoms with Gasteiger partial charge in [0.25, 0.3) is 0 Å². The Kier molecular flexibility index (Phi) is 4.42. The second-order valence-electron chi connectivity index (χ2n) is 7.69. The van der Waals surface area contributed by atoms with E-state index in [1.54, 1.807) is 7.05 Å². The van der Waals surface area contributed by atoms with E-state index in [0.717, 1.165) is 50.2 Å². The molecule has 0 bridgehead atoms. The Labute approximate surface area is 153 Å². The Morgan fingerprint density at radius 3 is 2.58 bits per heavy atom. The SMILES string of the molecule is Cc1cccc(CC(=O)N2CCC(c3nn(C)c(=O)n3C3CC3)CC2)c1. The summed E-state index contributed by atoms with van der Waals surface area (Å²) in [6.45, 7) is 3.53. The molecule has 1 aliphatic carbocycles. The van der Waals surface area contributed by atoms with E-state index in [9.17, 15) is 9.59 Å². The minimum atomic E-state index is 0.000420. The number of hydrogen-bond acceptors (Lipinski definition) is 3. The van der Waals surface area contributed by atoms with Crippen LogP contribution in [0.25, 0.3) is 0 Å². The Morgan fingerprint density at radius 1 is 1.19 bits per heavy atom. The van der Waals surface area contributed by atoms with Crippen molar-refractivity contribution in [1.29, 1.82) is 0 Å². The third kappa shape index (κ3) is 3.32. The van der Waals surface area contributed by atoms with E-state index in [-0.39, 0.29) is 17.5 Å². The molecule has 1 saturated heterocycles. The average Bonchev–Trinajstić information content (AvgIpc) is 3.41. The highest BCUT2D eigenvalue weighted by molar-refractivity contribution is 5.78. The fraction of sp³-hybridized carbons (Fsp3) is 0.550. The Bertz CT molecular complexity index is 870. The first-order valence-corrected chi connectivity index (χ1v) is 9.51. The van der Waals surface area contributed by atoms with Crippen LogP contribution in [0.15, 0.2) is 29.1 Å². The molecule has 1 saturated carbocycles. The quantitative estimate of drug-likeness (QED) is 0.845. The zero-order valence-electron chi connectivity index (χ0n) is 15.5. The summed E-state index contributed by atoms with van der Waals surface area (Å²) in [6, 6.07) is 8.48. The van der Waals surface area contributed by atoms with Crippen LogP contribution in [0.4, 0.5) is 0 Å². The largest absolute Gasteiger partial charge is 0.345 e. The van der Waals surface area contributed by atoms with Gasteiger partial charge in [-0.25, -0.2) is 9.48 Å². The average molecular weight is 354 g/mol. The summed E-state index contributed by atoms with van der Waals surface area (Å²) in [7, 11) is 1.73. The van der Waals surface area contributed by atoms with Crippen molar-refractivity contribution in [3.05, 3.63) is 51.7 Å². The molecule has 0 atom stereocenters. The predicted molar refractivity (Wildman–Crippen MR) is 99.2 cm³/mol. The monoisotopic (exact) mass is 354 g/mol. The van der Waals surface area contributed by atoms with Gasteiger partial charge in [0.2, 0.25) is 5.91 Å². The smallest absolute Gasteiger partial charge is 0.342 e. The van der Waals surface area contributed by atoms with Gasteiger partial charge in [-0.2, -0.15) is 5.10 Å². The maximum absolute atomic E-state index is 12.6. The van der Waals surface area contributed by atoms with Gasteiger partial charge in [-0.05, 0) is 38.2 Å². The molecule has 1 amide bonds. The van der Waals surface area contributed by atoms with E-state index in [0.29, 0.717) is 12.5 Å². The van der Waals surface area contributed by atoms with Crippen LogP contribution in [0.3, 0.4) is 0 Å². The third-order valence-corrected chi connectivity index (χ3v) is 5.54. The van der Waals surface area contributed by atoms with Gasteiger partial charge >= 0.3 is 5.69 Å². The number of benzene rings is 1. The second-order valence-corrected chi connectivity index (χ2v) is 7.69. The van der Waals surface area contributed by atoms with Gasteiger partial charge in [-0.3, -0.25) is 9.36 Å². The van der Waals surface area contributed by atoms with Crippen LogP contribution < -0.4 is 5.69 Å². The maximum Gasteiger partial charge on any atom is 0.345 e. The van der Waals surface area contributed by atoms with Crippen molar-refractivity contribution < 1.29 is 4.79 Å². The van der Waals surface area contributed by atoms with Crippen molar-refractivity contribution in [2.24, 2.45) is 7.05 Å². The molecule has 0 unspecified atom stereocenters. The predicted octanol–water partition coefficient (Wildman–Crippen LogP) is 2.17. The first kappa shape index (κ1) is 17.1. The van der Waals surface area contributed by atoms with E-state index in [2.05, 4.69) is 11.2 Å². The highest BCUT2D eigenvalue weighted by atomic mass is 16.2. The van der Waals surface area contributed by atoms with Crippen molar-refractivity contribution >= 4 is 5.91 Å². The van der Waals surface area contributed by atoms with Crippen LogP contribution >= 0.6 is 0 Å². The molecular weight excluding hydrogens is 328 g/mol. The summed E-state index contributed by atoms with van der Waals surface area (Å²) in [5.74, 6) is 1.38. The van der Waals surface area contributed by atoms with Crippen molar-refractivity contribution in [1.82, 2.24) is 19.2 Å². The van der Waals surface area contributed by atoms with Crippen LogP contribution in [0, 0.1) is 6.92 Å². The second kappa shape index (κ2) is 6.74. The summed E-state index contributed by atoms with van der Waals surface area (Å²) < 4.78 is 3.36. The Hall–Kier alpha value is -2.37. The number of piperidine rings is 1. The summed E-state index contributed by atoms with van der Waals surface area (Å²) in [5, 5.41) is 4.51. The first-order valence-electron chi connectivity index (χ1n) is 9.51. The lowest BCUT2D eigenvalue weighted by molar-refractivity contribution is -0.131. The fourth-order valence-corrected chi connectivity index (χ4v) is 3.95. The molecule has 138 valence electrons. The lowest BCUT2D eigenvalue weighted by Gasteiger charge is -2.31. The lowest BCUT2D eigenvalue weighted by atomic mass is 9.95. The number of aryl methyl sites for hydroxylation is 2. The Morgan fingerprint density at radius 2 is 1.92 bits per heavy atom. The molecule has 0 radical (unpaired) electrons. The van der Waals surface area contributed by atoms with Crippen LogP contribution in [-0.2, 0) is 18.3 Å². The highest BCUT2D eigenvalue weighted by Crippen LogP contribution is 2.37. The first-order chi connectivity index (χ1) is 12.5. The van der Waals surface area contributed by atoms with Gasteiger partial charge in [0.15, 0.2) is 0 Å². The zero-order chi connectivity index (χ0) is 18.3. The van der Waals surface area contributed by atoms with Crippen LogP contribution in [0.5, 0.6) is 0 Å². The van der Waals surface area contributed by atoms with E-state index >= 15 is 0 Å². The lowest BCUT2D eigenvalue weighted by Crippen LogP contribution is -2.39. The molecule has 4 rings (SSSR count). The Balaban J connectivity index is 1.41. The summed E-state index contributed by atoms with van der Waals surface area (Å²) in [6.07, 6.45) is 4.37. The maximum atomic E-state index is 12.6. The van der Waals surface area contributed by atoms with E-state index in [1.807, 2.05) is 34.6 Å². The minimum absolute atomic E-state index is 0.000420. The van der Waals surface area contributed by atoms with Crippen LogP contribution in [-0.4, -0.2) is 38.2 Å². The zero-order valence-corrected chi connectivity index (χ0v) is 15.5. The molecule has 0 spiro atoms. The molecule has 6 heteroatoms. The minimum Gasteiger partial charge on any atom is -0.342 e. The van der Waals surface area contributed by atoms with Gasteiger partial charge in [-0.1, -0.05) is 29.8 Å². The van der Waals surface area contributed by atoms with E-state index in [1.165, 1.54) is 10.2 Å². The summed E-state index contributed by atoms with van der Waals surface area (Å²) in [5.41, 5.74) is 2.26. The highest BCUT2D eigenvalue weighted by Gasteiger charge is 2.34. The normalized spacial score (nSPS) is 18.3. The number of likely N-dealkylation sites (tertiary alicyclic amines) is 1. The molecule has 26 heavy (non-hydrogen) atoms. The molecule has 1 aromatic heterocycles. The fourth-order valence-electron chi connectivity index (χ4n) is 3.95. The molecule has 6 nitrogen and oxygen atoms in total. The van der Waals surface area contributed by atoms with Crippen molar-refractivity contribution in [3.8, 4) is 0 Å². The molecule has 2 aliphatic rings. The summed E-state index contributed by atoms with van der Waals surface area (Å²) >= 11 is 0. The third-order valence-electron chi connectivity index (χ3n) is 5.54. The van der Waals surface area contributed by atoms with Crippen molar-refractivity contribution in [2.75, 3.05) is 13.1 Å². The molecular formula is C20H26N4O2. The van der Waals surface area contributed by atoms with Crippen molar-refractivity contribution in [2.45, 2.75) is 51.0 Å².